The summed E-state index contributed by atoms with van der Waals surface area (Å²) in [7, 11) is 0. The Morgan fingerprint density at radius 1 is 1.35 bits per heavy atom. The molecule has 1 atom stereocenters. The van der Waals surface area contributed by atoms with Crippen molar-refractivity contribution in [2.24, 2.45) is 5.92 Å². The predicted molar refractivity (Wildman–Crippen MR) is 72.5 cm³/mol. The lowest BCUT2D eigenvalue weighted by Gasteiger charge is -2.16. The van der Waals surface area contributed by atoms with Crippen LogP contribution in [-0.4, -0.2) is 28.0 Å². The van der Waals surface area contributed by atoms with Crippen LogP contribution in [0.2, 0.25) is 0 Å². The maximum Gasteiger partial charge on any atom is 0.326 e. The van der Waals surface area contributed by atoms with Gasteiger partial charge in [-0.2, -0.15) is 0 Å². The third-order valence-corrected chi connectivity index (χ3v) is 2.96. The Morgan fingerprint density at radius 2 is 2.05 bits per heavy atom. The number of furan rings is 1. The molecule has 0 aliphatic heterocycles. The number of hydrogen-bond donors (Lipinski definition) is 2. The van der Waals surface area contributed by atoms with Gasteiger partial charge in [0.25, 0.3) is 5.91 Å². The fraction of sp³-hybridized carbons (Fsp3) is 0.357. The molecule has 0 radical (unpaired) electrons. The molecule has 20 heavy (non-hydrogen) atoms. The van der Waals surface area contributed by atoms with Crippen LogP contribution in [0, 0.1) is 12.8 Å². The van der Waals surface area contributed by atoms with Gasteiger partial charge >= 0.3 is 5.97 Å². The molecule has 0 saturated carbocycles. The minimum absolute atomic E-state index is 0.0602. The molecular formula is C14H16N2O4. The van der Waals surface area contributed by atoms with E-state index >= 15 is 0 Å². The van der Waals surface area contributed by atoms with E-state index in [9.17, 15) is 9.59 Å². The Balaban J connectivity index is 2.25. The van der Waals surface area contributed by atoms with Crippen molar-refractivity contribution < 1.29 is 19.1 Å². The first-order valence-corrected chi connectivity index (χ1v) is 6.29. The van der Waals surface area contributed by atoms with Crippen molar-refractivity contribution in [2.45, 2.75) is 26.8 Å². The number of pyridine rings is 1. The smallest absolute Gasteiger partial charge is 0.326 e. The number of nitrogens with zero attached hydrogens (tertiary/aromatic N) is 1. The molecule has 2 heterocycles. The van der Waals surface area contributed by atoms with E-state index in [0.29, 0.717) is 11.1 Å². The predicted octanol–water partition coefficient (Wildman–Crippen LogP) is 1.98. The minimum Gasteiger partial charge on any atom is -0.480 e. The van der Waals surface area contributed by atoms with Crippen molar-refractivity contribution in [3.8, 4) is 0 Å². The maximum atomic E-state index is 12.0. The van der Waals surface area contributed by atoms with Crippen molar-refractivity contribution in [1.82, 2.24) is 10.3 Å². The number of rotatable bonds is 4. The molecule has 1 amide bonds. The van der Waals surface area contributed by atoms with Gasteiger partial charge in [0.2, 0.25) is 0 Å². The molecule has 0 bridgehead atoms. The average molecular weight is 276 g/mol. The van der Waals surface area contributed by atoms with Gasteiger partial charge in [-0.05, 0) is 25.0 Å². The number of amides is 1. The van der Waals surface area contributed by atoms with E-state index in [1.54, 1.807) is 26.0 Å². The van der Waals surface area contributed by atoms with E-state index in [-0.39, 0.29) is 11.7 Å². The number of carboxylic acids is 1. The summed E-state index contributed by atoms with van der Waals surface area (Å²) in [5.41, 5.74) is 1.89. The fourth-order valence-corrected chi connectivity index (χ4v) is 1.86. The molecule has 0 fully saturated rings. The first-order chi connectivity index (χ1) is 9.38. The number of carbonyl (C=O) groups is 2. The van der Waals surface area contributed by atoms with Crippen LogP contribution >= 0.6 is 0 Å². The number of aryl methyl sites for hydroxylation is 1. The maximum absolute atomic E-state index is 12.0. The molecule has 106 valence electrons. The summed E-state index contributed by atoms with van der Waals surface area (Å²) >= 11 is 0. The summed E-state index contributed by atoms with van der Waals surface area (Å²) in [5.74, 6) is -1.79. The minimum atomic E-state index is -1.07. The second kappa shape index (κ2) is 5.32. The quantitative estimate of drug-likeness (QED) is 0.890. The normalized spacial score (nSPS) is 12.6. The number of carbonyl (C=O) groups excluding carboxylic acids is 1. The molecule has 0 spiro atoms. The molecule has 2 aromatic rings. The number of nitrogens with one attached hydrogen (secondary N) is 1. The topological polar surface area (TPSA) is 92.4 Å². The summed E-state index contributed by atoms with van der Waals surface area (Å²) in [5, 5.41) is 11.5. The zero-order chi connectivity index (χ0) is 14.9. The van der Waals surface area contributed by atoms with E-state index < -0.39 is 17.9 Å². The van der Waals surface area contributed by atoms with Crippen LogP contribution in [0.25, 0.3) is 11.1 Å². The Morgan fingerprint density at radius 3 is 2.65 bits per heavy atom. The number of aliphatic carboxylic acids is 1. The summed E-state index contributed by atoms with van der Waals surface area (Å²) in [6.07, 6.45) is 0. The van der Waals surface area contributed by atoms with Crippen LogP contribution in [0.3, 0.4) is 0 Å². The van der Waals surface area contributed by atoms with Crippen LogP contribution in [0.4, 0.5) is 0 Å². The van der Waals surface area contributed by atoms with E-state index in [0.717, 1.165) is 5.69 Å². The Hall–Kier alpha value is -2.37. The highest BCUT2D eigenvalue weighted by atomic mass is 16.4. The van der Waals surface area contributed by atoms with Gasteiger partial charge in [-0.1, -0.05) is 13.8 Å². The van der Waals surface area contributed by atoms with Crippen LogP contribution < -0.4 is 5.32 Å². The van der Waals surface area contributed by atoms with Gasteiger partial charge < -0.3 is 14.8 Å². The zero-order valence-electron chi connectivity index (χ0n) is 11.5. The third kappa shape index (κ3) is 2.79. The number of carboxylic acid groups (broad SMARTS) is 1. The lowest BCUT2D eigenvalue weighted by molar-refractivity contribution is -0.140. The molecular weight excluding hydrogens is 260 g/mol. The molecule has 2 rings (SSSR count). The van der Waals surface area contributed by atoms with Crippen molar-refractivity contribution in [1.29, 1.82) is 0 Å². The van der Waals surface area contributed by atoms with Crippen LogP contribution in [0.5, 0.6) is 0 Å². The molecule has 2 aromatic heterocycles. The molecule has 0 saturated heterocycles. The van der Waals surface area contributed by atoms with E-state index in [2.05, 4.69) is 10.3 Å². The van der Waals surface area contributed by atoms with Crippen molar-refractivity contribution in [3.05, 3.63) is 29.7 Å². The van der Waals surface area contributed by atoms with Crippen molar-refractivity contribution >= 4 is 23.0 Å². The van der Waals surface area contributed by atoms with Crippen molar-refractivity contribution in [2.75, 3.05) is 0 Å². The monoisotopic (exact) mass is 276 g/mol. The van der Waals surface area contributed by atoms with E-state index in [4.69, 9.17) is 9.52 Å². The Kier molecular flexibility index (Phi) is 3.74. The number of aromatic nitrogens is 1. The van der Waals surface area contributed by atoms with Gasteiger partial charge in [-0.15, -0.1) is 0 Å². The van der Waals surface area contributed by atoms with Crippen molar-refractivity contribution in [3.63, 3.8) is 0 Å². The third-order valence-electron chi connectivity index (χ3n) is 2.96. The largest absolute Gasteiger partial charge is 0.480 e. The summed E-state index contributed by atoms with van der Waals surface area (Å²) in [6, 6.07) is 4.06. The van der Waals surface area contributed by atoms with E-state index in [1.807, 2.05) is 6.92 Å². The summed E-state index contributed by atoms with van der Waals surface area (Å²) in [4.78, 5) is 27.3. The zero-order valence-corrected chi connectivity index (χ0v) is 11.5. The lowest BCUT2D eigenvalue weighted by atomic mass is 10.0. The van der Waals surface area contributed by atoms with Gasteiger partial charge in [-0.25, -0.2) is 9.78 Å². The Bertz CT molecular complexity index is 660. The second-order valence-corrected chi connectivity index (χ2v) is 4.98. The standard InChI is InChI=1S/C14H16N2O4/c1-7(2)12(14(18)19)16-13(17)11-6-9-10(20-11)5-4-8(3)15-9/h4-7,12H,1-3H3,(H,16,17)(H,18,19)/t12-/m1/s1. The Labute approximate surface area is 115 Å². The molecule has 0 unspecified atom stereocenters. The molecule has 6 heteroatoms. The highest BCUT2D eigenvalue weighted by molar-refractivity contribution is 5.97. The van der Waals surface area contributed by atoms with Crippen LogP contribution in [0.15, 0.2) is 22.6 Å². The van der Waals surface area contributed by atoms with Crippen LogP contribution in [-0.2, 0) is 4.79 Å². The van der Waals surface area contributed by atoms with Gasteiger partial charge in [0.1, 0.15) is 11.6 Å². The van der Waals surface area contributed by atoms with Gasteiger partial charge in [0.05, 0.1) is 0 Å². The summed E-state index contributed by atoms with van der Waals surface area (Å²) < 4.78 is 5.38. The van der Waals surface area contributed by atoms with Crippen LogP contribution in [0.1, 0.15) is 30.1 Å². The molecule has 6 nitrogen and oxygen atoms in total. The number of fused-ring (bicyclic) bond motifs is 1. The first kappa shape index (κ1) is 14.0. The number of hydrogen-bond acceptors (Lipinski definition) is 4. The highest BCUT2D eigenvalue weighted by Gasteiger charge is 2.25. The average Bonchev–Trinajstić information content (AvgIpc) is 2.77. The summed E-state index contributed by atoms with van der Waals surface area (Å²) in [6.45, 7) is 5.29. The fourth-order valence-electron chi connectivity index (χ4n) is 1.86. The van der Waals surface area contributed by atoms with Gasteiger partial charge in [0, 0.05) is 11.8 Å². The molecule has 2 N–H and O–H groups in total. The van der Waals surface area contributed by atoms with E-state index in [1.165, 1.54) is 6.07 Å². The highest BCUT2D eigenvalue weighted by Crippen LogP contribution is 2.18. The van der Waals surface area contributed by atoms with Gasteiger partial charge in [0.15, 0.2) is 11.3 Å². The lowest BCUT2D eigenvalue weighted by Crippen LogP contribution is -2.44. The second-order valence-electron chi connectivity index (χ2n) is 4.98. The SMILES string of the molecule is Cc1ccc2oc(C(=O)N[C@@H](C(=O)O)C(C)C)cc2n1. The molecule has 0 aliphatic rings. The first-order valence-electron chi connectivity index (χ1n) is 6.29. The van der Waals surface area contributed by atoms with Gasteiger partial charge in [-0.3, -0.25) is 4.79 Å². The molecule has 0 aliphatic carbocycles. The molecule has 0 aromatic carbocycles.